The molecular formula is C13H16F3NO2S. The van der Waals surface area contributed by atoms with Crippen LogP contribution in [0, 0.1) is 0 Å². The Hall–Kier alpha value is -1.34. The van der Waals surface area contributed by atoms with Crippen molar-refractivity contribution in [2.24, 2.45) is 5.73 Å². The summed E-state index contributed by atoms with van der Waals surface area (Å²) in [6, 6.07) is 3.05. The van der Waals surface area contributed by atoms with Gasteiger partial charge in [-0.15, -0.1) is 0 Å². The molecule has 0 aliphatic heterocycles. The van der Waals surface area contributed by atoms with Crippen molar-refractivity contribution < 1.29 is 22.6 Å². The van der Waals surface area contributed by atoms with Crippen molar-refractivity contribution in [3.8, 4) is 5.75 Å². The topological polar surface area (TPSA) is 44.5 Å². The van der Waals surface area contributed by atoms with E-state index in [1.54, 1.807) is 6.92 Å². The van der Waals surface area contributed by atoms with Crippen LogP contribution in [0.25, 0.3) is 0 Å². The van der Waals surface area contributed by atoms with E-state index in [4.69, 9.17) is 27.4 Å². The smallest absolute Gasteiger partial charge is 0.416 e. The Kier molecular flexibility index (Phi) is 5.76. The van der Waals surface area contributed by atoms with Gasteiger partial charge < -0.3 is 15.2 Å². The van der Waals surface area contributed by atoms with Crippen molar-refractivity contribution in [1.29, 1.82) is 0 Å². The van der Waals surface area contributed by atoms with Gasteiger partial charge in [-0.05, 0) is 32.0 Å². The van der Waals surface area contributed by atoms with Gasteiger partial charge in [-0.1, -0.05) is 12.2 Å². The number of alkyl halides is 3. The summed E-state index contributed by atoms with van der Waals surface area (Å²) in [6.45, 7) is 4.44. The molecule has 0 heterocycles. The van der Waals surface area contributed by atoms with Gasteiger partial charge in [0.1, 0.15) is 16.8 Å². The summed E-state index contributed by atoms with van der Waals surface area (Å²) in [4.78, 5) is -0.144. The van der Waals surface area contributed by atoms with E-state index in [2.05, 4.69) is 0 Å². The zero-order valence-corrected chi connectivity index (χ0v) is 12.0. The average molecular weight is 307 g/mol. The Balaban J connectivity index is 2.99. The number of thiocarbonyl (C=S) groups is 1. The van der Waals surface area contributed by atoms with Crippen molar-refractivity contribution in [3.05, 3.63) is 29.3 Å². The molecule has 0 amide bonds. The lowest BCUT2D eigenvalue weighted by Gasteiger charge is -2.18. The molecule has 7 heteroatoms. The van der Waals surface area contributed by atoms with E-state index >= 15 is 0 Å². The summed E-state index contributed by atoms with van der Waals surface area (Å²) in [7, 11) is 0. The minimum atomic E-state index is -4.45. The highest BCUT2D eigenvalue weighted by molar-refractivity contribution is 7.80. The Labute approximate surface area is 120 Å². The number of hydrogen-bond donors (Lipinski definition) is 1. The first-order valence-corrected chi connectivity index (χ1v) is 6.42. The van der Waals surface area contributed by atoms with Gasteiger partial charge in [0.25, 0.3) is 0 Å². The molecule has 3 nitrogen and oxygen atoms in total. The second kappa shape index (κ2) is 6.90. The Bertz CT molecular complexity index is 477. The number of benzene rings is 1. The maximum atomic E-state index is 12.6. The highest BCUT2D eigenvalue weighted by Gasteiger charge is 2.31. The van der Waals surface area contributed by atoms with Crippen LogP contribution in [0.1, 0.15) is 25.0 Å². The molecule has 0 saturated heterocycles. The molecule has 1 aromatic rings. The van der Waals surface area contributed by atoms with Crippen molar-refractivity contribution in [1.82, 2.24) is 0 Å². The Morgan fingerprint density at radius 1 is 1.40 bits per heavy atom. The van der Waals surface area contributed by atoms with E-state index in [1.807, 2.05) is 6.92 Å². The summed E-state index contributed by atoms with van der Waals surface area (Å²) in [5.41, 5.74) is 4.71. The van der Waals surface area contributed by atoms with Crippen LogP contribution < -0.4 is 10.5 Å². The number of nitrogens with two attached hydrogens (primary N) is 1. The van der Waals surface area contributed by atoms with Crippen LogP contribution in [0.2, 0.25) is 0 Å². The molecule has 0 bridgehead atoms. The molecule has 0 aliphatic carbocycles. The molecule has 1 rings (SSSR count). The van der Waals surface area contributed by atoms with Gasteiger partial charge in [-0.2, -0.15) is 13.2 Å². The lowest BCUT2D eigenvalue weighted by Crippen LogP contribution is -2.22. The van der Waals surface area contributed by atoms with Gasteiger partial charge in [0.2, 0.25) is 0 Å². The fourth-order valence-electron chi connectivity index (χ4n) is 1.54. The first kappa shape index (κ1) is 16.7. The minimum Gasteiger partial charge on any atom is -0.488 e. The van der Waals surface area contributed by atoms with Crippen molar-refractivity contribution >= 4 is 17.2 Å². The number of halogens is 3. The first-order valence-electron chi connectivity index (χ1n) is 6.01. The van der Waals surface area contributed by atoms with E-state index in [0.29, 0.717) is 13.2 Å². The van der Waals surface area contributed by atoms with Gasteiger partial charge >= 0.3 is 6.18 Å². The monoisotopic (exact) mass is 307 g/mol. The third-order valence-electron chi connectivity index (χ3n) is 2.46. The normalized spacial score (nSPS) is 13.1. The van der Waals surface area contributed by atoms with E-state index < -0.39 is 11.7 Å². The Morgan fingerprint density at radius 3 is 2.55 bits per heavy atom. The maximum absolute atomic E-state index is 12.6. The highest BCUT2D eigenvalue weighted by atomic mass is 32.1. The summed E-state index contributed by atoms with van der Waals surface area (Å²) in [5, 5.41) is 0. The van der Waals surface area contributed by atoms with Gasteiger partial charge in [-0.3, -0.25) is 0 Å². The quantitative estimate of drug-likeness (QED) is 0.820. The summed E-state index contributed by atoms with van der Waals surface area (Å²) >= 11 is 4.77. The molecule has 2 N–H and O–H groups in total. The van der Waals surface area contributed by atoms with Gasteiger partial charge in [0.15, 0.2) is 0 Å². The van der Waals surface area contributed by atoms with Gasteiger partial charge in [0.05, 0.1) is 17.7 Å². The van der Waals surface area contributed by atoms with E-state index in [9.17, 15) is 13.2 Å². The second-order valence-corrected chi connectivity index (χ2v) is 4.60. The van der Waals surface area contributed by atoms with Gasteiger partial charge in [-0.25, -0.2) is 0 Å². The van der Waals surface area contributed by atoms with Crippen LogP contribution in [0.5, 0.6) is 5.75 Å². The maximum Gasteiger partial charge on any atom is 0.416 e. The van der Waals surface area contributed by atoms with Crippen LogP contribution in [0.15, 0.2) is 18.2 Å². The highest BCUT2D eigenvalue weighted by Crippen LogP contribution is 2.32. The fourth-order valence-corrected chi connectivity index (χ4v) is 1.70. The third kappa shape index (κ3) is 4.64. The van der Waals surface area contributed by atoms with Crippen LogP contribution in [0.3, 0.4) is 0 Å². The first-order chi connectivity index (χ1) is 9.25. The fraction of sp³-hybridized carbons (Fsp3) is 0.462. The predicted octanol–water partition coefficient (Wildman–Crippen LogP) is 3.14. The zero-order chi connectivity index (χ0) is 15.3. The molecule has 1 atom stereocenters. The molecule has 0 spiro atoms. The Morgan fingerprint density at radius 2 is 2.05 bits per heavy atom. The van der Waals surface area contributed by atoms with Crippen LogP contribution in [-0.4, -0.2) is 24.3 Å². The van der Waals surface area contributed by atoms with Crippen LogP contribution in [0.4, 0.5) is 13.2 Å². The van der Waals surface area contributed by atoms with Gasteiger partial charge in [0, 0.05) is 6.61 Å². The SMILES string of the molecule is CCOCC(C)Oc1ccc(C(F)(F)F)cc1C(N)=S. The second-order valence-electron chi connectivity index (χ2n) is 4.16. The van der Waals surface area contributed by atoms with Crippen LogP contribution >= 0.6 is 12.2 Å². The molecule has 0 saturated carbocycles. The summed E-state index contributed by atoms with van der Waals surface area (Å²) in [6.07, 6.45) is -4.77. The molecule has 0 radical (unpaired) electrons. The van der Waals surface area contributed by atoms with E-state index in [0.717, 1.165) is 12.1 Å². The average Bonchev–Trinajstić information content (AvgIpc) is 2.35. The summed E-state index contributed by atoms with van der Waals surface area (Å²) in [5.74, 6) is 0.220. The van der Waals surface area contributed by atoms with Crippen molar-refractivity contribution in [2.75, 3.05) is 13.2 Å². The largest absolute Gasteiger partial charge is 0.488 e. The third-order valence-corrected chi connectivity index (χ3v) is 2.68. The number of hydrogen-bond acceptors (Lipinski definition) is 3. The number of rotatable bonds is 6. The molecule has 20 heavy (non-hydrogen) atoms. The van der Waals surface area contributed by atoms with Crippen molar-refractivity contribution in [2.45, 2.75) is 26.1 Å². The molecule has 0 fully saturated rings. The minimum absolute atomic E-state index is 0.0678. The standard InChI is InChI=1S/C13H16F3NO2S/c1-3-18-7-8(2)19-11-5-4-9(13(14,15)16)6-10(11)12(17)20/h4-6,8H,3,7H2,1-2H3,(H2,17,20). The molecular weight excluding hydrogens is 291 g/mol. The predicted molar refractivity (Wildman–Crippen MR) is 73.9 cm³/mol. The zero-order valence-electron chi connectivity index (χ0n) is 11.2. The molecule has 0 aliphatic rings. The van der Waals surface area contributed by atoms with E-state index in [-0.39, 0.29) is 22.4 Å². The lowest BCUT2D eigenvalue weighted by molar-refractivity contribution is -0.137. The molecule has 1 unspecified atom stereocenters. The molecule has 1 aromatic carbocycles. The number of ether oxygens (including phenoxy) is 2. The lowest BCUT2D eigenvalue weighted by atomic mass is 10.1. The summed E-state index contributed by atoms with van der Waals surface area (Å²) < 4.78 is 48.6. The van der Waals surface area contributed by atoms with Crippen molar-refractivity contribution in [3.63, 3.8) is 0 Å². The van der Waals surface area contributed by atoms with Crippen LogP contribution in [-0.2, 0) is 10.9 Å². The molecule has 0 aromatic heterocycles. The van der Waals surface area contributed by atoms with E-state index in [1.165, 1.54) is 6.07 Å². The molecule has 112 valence electrons.